The molecule has 1 saturated heterocycles. The van der Waals surface area contributed by atoms with Crippen LogP contribution in [0.25, 0.3) is 0 Å². The molecule has 2 rings (SSSR count). The molecular weight excluding hydrogens is 277 g/mol. The highest BCUT2D eigenvalue weighted by molar-refractivity contribution is 5.97. The van der Waals surface area contributed by atoms with E-state index in [-0.39, 0.29) is 31.7 Å². The Morgan fingerprint density at radius 1 is 1.33 bits per heavy atom. The number of β-amino-alcohol motifs (C(OH)–C–C–N with tert-alkyl or cyclic N) is 2. The van der Waals surface area contributed by atoms with Gasteiger partial charge in [-0.3, -0.25) is 4.79 Å². The van der Waals surface area contributed by atoms with Crippen LogP contribution < -0.4 is 0 Å². The van der Waals surface area contributed by atoms with Gasteiger partial charge in [0.2, 0.25) is 0 Å². The lowest BCUT2D eigenvalue weighted by Crippen LogP contribution is -2.30. The third-order valence-corrected chi connectivity index (χ3v) is 3.22. The van der Waals surface area contributed by atoms with Crippen molar-refractivity contribution in [2.75, 3.05) is 19.7 Å². The smallest absolute Gasteiger partial charge is 0.255 e. The minimum atomic E-state index is -0.994. The Hall–Kier alpha value is -1.94. The van der Waals surface area contributed by atoms with E-state index in [0.717, 1.165) is 6.07 Å². The first-order valence-electron chi connectivity index (χ1n) is 6.57. The van der Waals surface area contributed by atoms with Gasteiger partial charge in [-0.1, -0.05) is 11.8 Å². The highest BCUT2D eigenvalue weighted by Crippen LogP contribution is 2.18. The molecule has 0 saturated carbocycles. The summed E-state index contributed by atoms with van der Waals surface area (Å²) in [6.07, 6.45) is -1.73. The van der Waals surface area contributed by atoms with Crippen molar-refractivity contribution in [1.29, 1.82) is 0 Å². The number of nitrogens with zero attached hydrogens (tertiary/aromatic N) is 1. The van der Waals surface area contributed by atoms with Crippen LogP contribution in [0, 0.1) is 17.7 Å². The van der Waals surface area contributed by atoms with E-state index in [0.29, 0.717) is 5.56 Å². The molecule has 112 valence electrons. The third-order valence-electron chi connectivity index (χ3n) is 3.22. The van der Waals surface area contributed by atoms with Crippen LogP contribution in [0.15, 0.2) is 18.2 Å². The summed E-state index contributed by atoms with van der Waals surface area (Å²) in [5.41, 5.74) is 0.437. The van der Waals surface area contributed by atoms with Crippen LogP contribution in [0.5, 0.6) is 0 Å². The van der Waals surface area contributed by atoms with Crippen molar-refractivity contribution in [3.05, 3.63) is 35.1 Å². The summed E-state index contributed by atoms with van der Waals surface area (Å²) >= 11 is 0. The van der Waals surface area contributed by atoms with E-state index in [1.165, 1.54) is 17.0 Å². The van der Waals surface area contributed by atoms with Gasteiger partial charge in [-0.15, -0.1) is 0 Å². The van der Waals surface area contributed by atoms with Gasteiger partial charge >= 0.3 is 0 Å². The predicted octanol–water partition coefficient (Wildman–Crippen LogP) is -0.263. The SMILES string of the molecule is O=C(c1cc(F)ccc1C#CCCO)N1CC(O)C(O)C1. The molecule has 2 unspecified atom stereocenters. The fourth-order valence-corrected chi connectivity index (χ4v) is 2.12. The lowest BCUT2D eigenvalue weighted by atomic mass is 10.1. The Morgan fingerprint density at radius 3 is 2.62 bits per heavy atom. The van der Waals surface area contributed by atoms with Crippen LogP contribution in [0.3, 0.4) is 0 Å². The number of amides is 1. The molecule has 3 N–H and O–H groups in total. The lowest BCUT2D eigenvalue weighted by molar-refractivity contribution is 0.0572. The van der Waals surface area contributed by atoms with E-state index >= 15 is 0 Å². The number of rotatable bonds is 2. The molecule has 1 aromatic carbocycles. The van der Waals surface area contributed by atoms with E-state index in [1.54, 1.807) is 0 Å². The summed E-state index contributed by atoms with van der Waals surface area (Å²) in [5, 5.41) is 27.7. The van der Waals surface area contributed by atoms with Gasteiger partial charge in [-0.2, -0.15) is 0 Å². The number of hydrogen-bond acceptors (Lipinski definition) is 4. The van der Waals surface area contributed by atoms with Crippen LogP contribution in [-0.4, -0.2) is 58.0 Å². The van der Waals surface area contributed by atoms with Crippen molar-refractivity contribution in [2.45, 2.75) is 18.6 Å². The predicted molar refractivity (Wildman–Crippen MR) is 72.9 cm³/mol. The molecule has 5 nitrogen and oxygen atoms in total. The molecule has 1 aliphatic rings. The molecule has 0 spiro atoms. The number of likely N-dealkylation sites (tertiary alicyclic amines) is 1. The van der Waals surface area contributed by atoms with E-state index in [2.05, 4.69) is 11.8 Å². The summed E-state index contributed by atoms with van der Waals surface area (Å²) in [6, 6.07) is 3.69. The Kier molecular flexibility index (Phi) is 4.91. The maximum Gasteiger partial charge on any atom is 0.255 e. The molecule has 1 fully saturated rings. The van der Waals surface area contributed by atoms with Gasteiger partial charge in [0.05, 0.1) is 24.4 Å². The number of halogens is 1. The third kappa shape index (κ3) is 3.58. The highest BCUT2D eigenvalue weighted by atomic mass is 19.1. The zero-order chi connectivity index (χ0) is 15.4. The number of aliphatic hydroxyl groups is 3. The number of benzene rings is 1. The second kappa shape index (κ2) is 6.68. The molecule has 1 aromatic rings. The van der Waals surface area contributed by atoms with Gasteiger partial charge in [-0.25, -0.2) is 4.39 Å². The molecule has 0 aromatic heterocycles. The van der Waals surface area contributed by atoms with E-state index in [1.807, 2.05) is 0 Å². The Balaban J connectivity index is 2.28. The van der Waals surface area contributed by atoms with Gasteiger partial charge < -0.3 is 20.2 Å². The normalized spacial score (nSPS) is 21.0. The van der Waals surface area contributed by atoms with Crippen LogP contribution >= 0.6 is 0 Å². The summed E-state index contributed by atoms with van der Waals surface area (Å²) in [6.45, 7) is -0.0952. The molecule has 1 heterocycles. The zero-order valence-corrected chi connectivity index (χ0v) is 11.3. The summed E-state index contributed by atoms with van der Waals surface area (Å²) in [7, 11) is 0. The molecule has 2 atom stereocenters. The first-order valence-corrected chi connectivity index (χ1v) is 6.57. The average molecular weight is 293 g/mol. The molecule has 0 aliphatic carbocycles. The van der Waals surface area contributed by atoms with Crippen molar-refractivity contribution < 1.29 is 24.5 Å². The number of carbonyl (C=O) groups excluding carboxylic acids is 1. The van der Waals surface area contributed by atoms with Crippen LogP contribution in [0.1, 0.15) is 22.3 Å². The maximum atomic E-state index is 13.4. The fourth-order valence-electron chi connectivity index (χ4n) is 2.12. The number of carbonyl (C=O) groups is 1. The minimum Gasteiger partial charge on any atom is -0.395 e. The molecule has 6 heteroatoms. The molecule has 0 bridgehead atoms. The van der Waals surface area contributed by atoms with Crippen molar-refractivity contribution in [3.8, 4) is 11.8 Å². The van der Waals surface area contributed by atoms with Gasteiger partial charge in [0.25, 0.3) is 5.91 Å². The quantitative estimate of drug-likeness (QED) is 0.656. The van der Waals surface area contributed by atoms with Gasteiger partial charge in [0.1, 0.15) is 5.82 Å². The van der Waals surface area contributed by atoms with E-state index < -0.39 is 23.9 Å². The van der Waals surface area contributed by atoms with Crippen LogP contribution in [0.4, 0.5) is 4.39 Å². The Bertz CT molecular complexity index is 583. The second-order valence-electron chi connectivity index (χ2n) is 4.81. The largest absolute Gasteiger partial charge is 0.395 e. The standard InChI is InChI=1S/C15H16FNO4/c16-11-5-4-10(3-1-2-6-18)12(7-11)15(21)17-8-13(19)14(20)9-17/h4-5,7,13-14,18-20H,2,6,8-9H2. The Morgan fingerprint density at radius 2 is 2.00 bits per heavy atom. The zero-order valence-electron chi connectivity index (χ0n) is 11.3. The molecule has 0 radical (unpaired) electrons. The first-order chi connectivity index (χ1) is 10.0. The number of hydrogen-bond donors (Lipinski definition) is 3. The van der Waals surface area contributed by atoms with Crippen LogP contribution in [0.2, 0.25) is 0 Å². The average Bonchev–Trinajstić information content (AvgIpc) is 2.79. The maximum absolute atomic E-state index is 13.4. The number of aliphatic hydroxyl groups excluding tert-OH is 3. The first kappa shape index (κ1) is 15.4. The van der Waals surface area contributed by atoms with Crippen molar-refractivity contribution in [2.24, 2.45) is 0 Å². The van der Waals surface area contributed by atoms with Crippen molar-refractivity contribution in [3.63, 3.8) is 0 Å². The lowest BCUT2D eigenvalue weighted by Gasteiger charge is -2.16. The highest BCUT2D eigenvalue weighted by Gasteiger charge is 2.33. The summed E-state index contributed by atoms with van der Waals surface area (Å²) in [5.74, 6) is 4.35. The summed E-state index contributed by atoms with van der Waals surface area (Å²) < 4.78 is 13.4. The van der Waals surface area contributed by atoms with Crippen LogP contribution in [-0.2, 0) is 0 Å². The monoisotopic (exact) mass is 293 g/mol. The molecule has 21 heavy (non-hydrogen) atoms. The molecular formula is C15H16FNO4. The minimum absolute atomic E-state index is 0.0000217. The second-order valence-corrected chi connectivity index (χ2v) is 4.81. The topological polar surface area (TPSA) is 81.0 Å². The van der Waals surface area contributed by atoms with E-state index in [4.69, 9.17) is 5.11 Å². The Labute approximate surface area is 121 Å². The summed E-state index contributed by atoms with van der Waals surface area (Å²) in [4.78, 5) is 13.6. The van der Waals surface area contributed by atoms with Crippen molar-refractivity contribution in [1.82, 2.24) is 4.90 Å². The van der Waals surface area contributed by atoms with Gasteiger partial charge in [-0.05, 0) is 18.2 Å². The molecule has 1 amide bonds. The van der Waals surface area contributed by atoms with Gasteiger partial charge in [0, 0.05) is 25.1 Å². The fraction of sp³-hybridized carbons (Fsp3) is 0.400. The van der Waals surface area contributed by atoms with E-state index in [9.17, 15) is 19.4 Å². The van der Waals surface area contributed by atoms with Crippen molar-refractivity contribution >= 4 is 5.91 Å². The van der Waals surface area contributed by atoms with Gasteiger partial charge in [0.15, 0.2) is 0 Å². The molecule has 1 aliphatic heterocycles.